The van der Waals surface area contributed by atoms with Gasteiger partial charge in [0.05, 0.1) is 19.2 Å². The van der Waals surface area contributed by atoms with Crippen LogP contribution in [0.3, 0.4) is 0 Å². The summed E-state index contributed by atoms with van der Waals surface area (Å²) in [5.41, 5.74) is 1.33. The molecule has 2 aliphatic heterocycles. The lowest BCUT2D eigenvalue weighted by Crippen LogP contribution is -2.37. The molecule has 0 spiro atoms. The summed E-state index contributed by atoms with van der Waals surface area (Å²) in [7, 11) is 0. The lowest BCUT2D eigenvalue weighted by Gasteiger charge is -2.24. The van der Waals surface area contributed by atoms with Crippen molar-refractivity contribution in [1.82, 2.24) is 24.5 Å². The highest BCUT2D eigenvalue weighted by Crippen LogP contribution is 2.42. The van der Waals surface area contributed by atoms with Crippen molar-refractivity contribution in [2.45, 2.75) is 70.7 Å². The number of carbonyl (C=O) groups is 1. The number of aromatic amines is 1. The highest BCUT2D eigenvalue weighted by Gasteiger charge is 2.56. The summed E-state index contributed by atoms with van der Waals surface area (Å²) < 4.78 is 26.4. The largest absolute Gasteiger partial charge is 0.459 e. The number of aromatic nitrogens is 5. The summed E-state index contributed by atoms with van der Waals surface area (Å²) in [6.07, 6.45) is 0.856. The summed E-state index contributed by atoms with van der Waals surface area (Å²) >= 11 is 0. The molecule has 5 rings (SSSR count). The van der Waals surface area contributed by atoms with Crippen LogP contribution in [0.5, 0.6) is 0 Å². The fraction of sp³-hybridized carbons (Fsp3) is 0.458. The first kappa shape index (κ1) is 24.1. The molecule has 12 nitrogen and oxygen atoms in total. The number of hydrogen-bond acceptors (Lipinski definition) is 9. The first-order valence-electron chi connectivity index (χ1n) is 11.6. The van der Waals surface area contributed by atoms with E-state index in [2.05, 4.69) is 15.3 Å². The molecule has 12 heteroatoms. The number of hydrogen-bond donors (Lipinski definition) is 1. The summed E-state index contributed by atoms with van der Waals surface area (Å²) in [5.74, 6) is -1.23. The Labute approximate surface area is 205 Å². The number of ether oxygens (including phenoxy) is 4. The Morgan fingerprint density at radius 3 is 2.72 bits per heavy atom. The minimum absolute atomic E-state index is 0.00959. The molecular weight excluding hydrogens is 470 g/mol. The molecule has 0 saturated carbocycles. The number of nitrogens with zero attached hydrogens (tertiary/aromatic N) is 4. The van der Waals surface area contributed by atoms with Gasteiger partial charge in [0.25, 0.3) is 5.56 Å². The zero-order chi connectivity index (χ0) is 25.4. The third kappa shape index (κ3) is 5.01. The van der Waals surface area contributed by atoms with E-state index in [1.807, 2.05) is 31.2 Å². The van der Waals surface area contributed by atoms with Crippen molar-refractivity contribution in [3.63, 3.8) is 0 Å². The van der Waals surface area contributed by atoms with Gasteiger partial charge in [-0.1, -0.05) is 29.5 Å². The van der Waals surface area contributed by atoms with Crippen LogP contribution in [0.2, 0.25) is 0 Å². The number of rotatable bonds is 7. The second-order valence-electron chi connectivity index (χ2n) is 9.34. The average molecular weight is 498 g/mol. The molecule has 36 heavy (non-hydrogen) atoms. The van der Waals surface area contributed by atoms with Crippen LogP contribution in [-0.2, 0) is 43.3 Å². The lowest BCUT2D eigenvalue weighted by atomic mass is 10.1. The topological polar surface area (TPSA) is 140 Å². The minimum atomic E-state index is -0.875. The number of benzene rings is 1. The van der Waals surface area contributed by atoms with Gasteiger partial charge in [-0.25, -0.2) is 9.48 Å². The first-order valence-corrected chi connectivity index (χ1v) is 11.6. The van der Waals surface area contributed by atoms with E-state index in [-0.39, 0.29) is 25.5 Å². The maximum atomic E-state index is 12.4. The summed E-state index contributed by atoms with van der Waals surface area (Å²) in [4.78, 5) is 38.3. The van der Waals surface area contributed by atoms with Gasteiger partial charge in [0.15, 0.2) is 12.0 Å². The number of aryl methyl sites for hydroxylation is 1. The number of H-pyrrole nitrogens is 1. The second-order valence-corrected chi connectivity index (χ2v) is 9.34. The Balaban J connectivity index is 1.24. The standard InChI is InChI=1S/C24H27N5O7/c1-14-6-4-5-7-15(14)10-19(31)33-13-16-11-28(27-26-16)12-17-20-21(36-24(2,3)35-20)22(34-17)29-9-8-18(30)25-23(29)32/h4-9,11,17,20-22H,10,12-13H2,1-3H3,(H,25,30,32)/t17-,20-,21-,22-/m1/s1. The van der Waals surface area contributed by atoms with E-state index in [0.717, 1.165) is 11.1 Å². The number of carbonyl (C=O) groups excluding carboxylic acids is 1. The first-order chi connectivity index (χ1) is 17.2. The zero-order valence-corrected chi connectivity index (χ0v) is 20.1. The molecule has 4 atom stereocenters. The van der Waals surface area contributed by atoms with Gasteiger partial charge >= 0.3 is 11.7 Å². The summed E-state index contributed by atoms with van der Waals surface area (Å²) in [6, 6.07) is 8.89. The van der Waals surface area contributed by atoms with Gasteiger partial charge in [-0.3, -0.25) is 19.1 Å². The highest BCUT2D eigenvalue weighted by molar-refractivity contribution is 5.73. The molecule has 2 aromatic heterocycles. The van der Waals surface area contributed by atoms with Crippen LogP contribution in [0.25, 0.3) is 0 Å². The van der Waals surface area contributed by atoms with Crippen LogP contribution in [-0.4, -0.2) is 54.6 Å². The van der Waals surface area contributed by atoms with E-state index in [1.54, 1.807) is 24.7 Å². The van der Waals surface area contributed by atoms with Crippen LogP contribution in [0.15, 0.2) is 52.3 Å². The van der Waals surface area contributed by atoms with Gasteiger partial charge in [-0.2, -0.15) is 0 Å². The predicted molar refractivity (Wildman–Crippen MR) is 124 cm³/mol. The maximum absolute atomic E-state index is 12.4. The van der Waals surface area contributed by atoms with Gasteiger partial charge in [-0.15, -0.1) is 5.10 Å². The SMILES string of the molecule is Cc1ccccc1CC(=O)OCc1cn(C[C@H]2O[C@@H](n3ccc(=O)[nH]c3=O)[C@@H]3OC(C)(C)O[C@@H]32)nn1. The minimum Gasteiger partial charge on any atom is -0.459 e. The highest BCUT2D eigenvalue weighted by atomic mass is 16.8. The van der Waals surface area contributed by atoms with Crippen molar-refractivity contribution in [3.05, 3.63) is 80.4 Å². The molecule has 4 heterocycles. The van der Waals surface area contributed by atoms with Crippen molar-refractivity contribution in [3.8, 4) is 0 Å². The smallest absolute Gasteiger partial charge is 0.330 e. The van der Waals surface area contributed by atoms with Gasteiger partial charge < -0.3 is 18.9 Å². The van der Waals surface area contributed by atoms with Crippen molar-refractivity contribution in [2.24, 2.45) is 0 Å². The van der Waals surface area contributed by atoms with Crippen LogP contribution in [0, 0.1) is 6.92 Å². The third-order valence-electron chi connectivity index (χ3n) is 6.18. The molecule has 0 aliphatic carbocycles. The third-order valence-corrected chi connectivity index (χ3v) is 6.18. The Morgan fingerprint density at radius 1 is 1.17 bits per heavy atom. The maximum Gasteiger partial charge on any atom is 0.330 e. The predicted octanol–water partition coefficient (Wildman–Crippen LogP) is 0.840. The zero-order valence-electron chi connectivity index (χ0n) is 20.1. The van der Waals surface area contributed by atoms with Gasteiger partial charge in [0, 0.05) is 12.3 Å². The molecule has 1 aromatic carbocycles. The molecule has 0 unspecified atom stereocenters. The quantitative estimate of drug-likeness (QED) is 0.470. The van der Waals surface area contributed by atoms with E-state index in [4.69, 9.17) is 18.9 Å². The van der Waals surface area contributed by atoms with Crippen LogP contribution < -0.4 is 11.2 Å². The molecule has 3 aromatic rings. The molecule has 0 amide bonds. The van der Waals surface area contributed by atoms with E-state index in [1.165, 1.54) is 16.8 Å². The van der Waals surface area contributed by atoms with Crippen LogP contribution >= 0.6 is 0 Å². The number of nitrogens with one attached hydrogen (secondary N) is 1. The Kier molecular flexibility index (Phi) is 6.33. The van der Waals surface area contributed by atoms with Gasteiger partial charge in [0.2, 0.25) is 0 Å². The normalized spacial score (nSPS) is 24.5. The summed E-state index contributed by atoms with van der Waals surface area (Å²) in [6.45, 7) is 5.77. The summed E-state index contributed by atoms with van der Waals surface area (Å²) in [5, 5.41) is 8.20. The lowest BCUT2D eigenvalue weighted by molar-refractivity contribution is -0.198. The van der Waals surface area contributed by atoms with Crippen molar-refractivity contribution in [1.29, 1.82) is 0 Å². The van der Waals surface area contributed by atoms with E-state index in [0.29, 0.717) is 5.69 Å². The molecule has 0 radical (unpaired) electrons. The van der Waals surface area contributed by atoms with Crippen molar-refractivity contribution < 1.29 is 23.7 Å². The molecule has 1 N–H and O–H groups in total. The molecule has 2 fully saturated rings. The molecule has 2 saturated heterocycles. The monoisotopic (exact) mass is 497 g/mol. The molecule has 2 aliphatic rings. The molecule has 0 bridgehead atoms. The van der Waals surface area contributed by atoms with Crippen LogP contribution in [0.1, 0.15) is 36.9 Å². The Hall–Kier alpha value is -3.61. The molecular formula is C24H27N5O7. The average Bonchev–Trinajstić information content (AvgIpc) is 3.48. The fourth-order valence-electron chi connectivity index (χ4n) is 4.51. The van der Waals surface area contributed by atoms with Gasteiger partial charge in [-0.05, 0) is 31.9 Å². The fourth-order valence-corrected chi connectivity index (χ4v) is 4.51. The van der Waals surface area contributed by atoms with E-state index < -0.39 is 41.6 Å². The van der Waals surface area contributed by atoms with Crippen LogP contribution in [0.4, 0.5) is 0 Å². The van der Waals surface area contributed by atoms with Crippen molar-refractivity contribution >= 4 is 5.97 Å². The Bertz CT molecular complexity index is 1380. The number of esters is 1. The van der Waals surface area contributed by atoms with E-state index >= 15 is 0 Å². The van der Waals surface area contributed by atoms with Crippen molar-refractivity contribution in [2.75, 3.05) is 0 Å². The van der Waals surface area contributed by atoms with Gasteiger partial charge in [0.1, 0.15) is 30.6 Å². The molecule has 190 valence electrons. The number of fused-ring (bicyclic) bond motifs is 1. The Morgan fingerprint density at radius 2 is 1.94 bits per heavy atom. The second kappa shape index (κ2) is 9.45. The van der Waals surface area contributed by atoms with E-state index in [9.17, 15) is 14.4 Å².